The topological polar surface area (TPSA) is 55.4 Å². The fraction of sp³-hybridized carbons (Fsp3) is 0.600. The Bertz CT molecular complexity index is 612. The molecule has 0 amide bonds. The van der Waals surface area contributed by atoms with E-state index in [2.05, 4.69) is 11.4 Å². The maximum atomic E-state index is 11.8. The Hall–Kier alpha value is -1.23. The second-order valence-corrected chi connectivity index (χ2v) is 8.47. The van der Waals surface area contributed by atoms with Gasteiger partial charge in [-0.15, -0.1) is 0 Å². The molecule has 20 heavy (non-hydrogen) atoms. The highest BCUT2D eigenvalue weighted by Crippen LogP contribution is 2.33. The molecule has 4 nitrogen and oxygen atoms in total. The zero-order chi connectivity index (χ0) is 14.2. The molecule has 1 unspecified atom stereocenters. The molecule has 0 radical (unpaired) electrons. The molecule has 0 saturated carbocycles. The van der Waals surface area contributed by atoms with E-state index in [9.17, 15) is 8.42 Å². The monoisotopic (exact) mass is 295 g/mol. The minimum Gasteiger partial charge on any atom is -0.493 e. The number of sulfone groups is 1. The molecular weight excluding hydrogens is 274 g/mol. The fourth-order valence-corrected chi connectivity index (χ4v) is 5.14. The van der Waals surface area contributed by atoms with Crippen LogP contribution in [0.5, 0.6) is 5.75 Å². The van der Waals surface area contributed by atoms with Crippen LogP contribution >= 0.6 is 0 Å². The molecule has 1 fully saturated rings. The Morgan fingerprint density at radius 3 is 3.05 bits per heavy atom. The first-order valence-electron chi connectivity index (χ1n) is 7.16. The lowest BCUT2D eigenvalue weighted by atomic mass is 9.88. The molecule has 3 rings (SSSR count). The van der Waals surface area contributed by atoms with Crippen molar-refractivity contribution in [1.82, 2.24) is 0 Å². The Labute approximate surface area is 120 Å². The third-order valence-electron chi connectivity index (χ3n) is 4.18. The van der Waals surface area contributed by atoms with Gasteiger partial charge in [0, 0.05) is 23.7 Å². The second kappa shape index (κ2) is 4.95. The Kier molecular flexibility index (Phi) is 3.40. The van der Waals surface area contributed by atoms with Crippen LogP contribution in [-0.4, -0.2) is 33.1 Å². The number of fused-ring (bicyclic) bond motifs is 1. The maximum Gasteiger partial charge on any atom is 0.150 e. The first-order chi connectivity index (χ1) is 9.46. The van der Waals surface area contributed by atoms with E-state index < -0.39 is 9.84 Å². The minimum atomic E-state index is -2.90. The fourth-order valence-electron chi connectivity index (χ4n) is 3.13. The average molecular weight is 295 g/mol. The number of anilines is 1. The Morgan fingerprint density at radius 1 is 1.40 bits per heavy atom. The van der Waals surface area contributed by atoms with Gasteiger partial charge in [-0.3, -0.25) is 0 Å². The first kappa shape index (κ1) is 13.7. The molecule has 0 bridgehead atoms. The lowest BCUT2D eigenvalue weighted by molar-refractivity contribution is 0.167. The molecule has 1 aromatic carbocycles. The summed E-state index contributed by atoms with van der Waals surface area (Å²) in [6, 6.07) is 6.08. The predicted octanol–water partition coefficient (Wildman–Crippen LogP) is 2.25. The van der Waals surface area contributed by atoms with Gasteiger partial charge in [-0.25, -0.2) is 8.42 Å². The molecule has 0 aromatic heterocycles. The van der Waals surface area contributed by atoms with Crippen molar-refractivity contribution in [3.63, 3.8) is 0 Å². The van der Waals surface area contributed by atoms with Crippen LogP contribution in [-0.2, 0) is 16.3 Å². The SMILES string of the molecule is CC1(COc2ccc3c(c2)NCC3)CCCS(=O)(=O)C1. The van der Waals surface area contributed by atoms with Gasteiger partial charge in [0.05, 0.1) is 18.1 Å². The molecule has 0 aliphatic carbocycles. The molecule has 110 valence electrons. The number of hydrogen-bond donors (Lipinski definition) is 1. The van der Waals surface area contributed by atoms with Crippen molar-refractivity contribution < 1.29 is 13.2 Å². The van der Waals surface area contributed by atoms with Crippen molar-refractivity contribution in [3.8, 4) is 5.75 Å². The molecule has 1 atom stereocenters. The van der Waals surface area contributed by atoms with Gasteiger partial charge in [0.15, 0.2) is 9.84 Å². The van der Waals surface area contributed by atoms with Crippen molar-refractivity contribution in [3.05, 3.63) is 23.8 Å². The molecule has 1 saturated heterocycles. The zero-order valence-electron chi connectivity index (χ0n) is 11.8. The Balaban J connectivity index is 1.67. The Morgan fingerprint density at radius 2 is 2.25 bits per heavy atom. The van der Waals surface area contributed by atoms with Crippen molar-refractivity contribution >= 4 is 15.5 Å². The summed E-state index contributed by atoms with van der Waals surface area (Å²) in [6.07, 6.45) is 2.72. The highest BCUT2D eigenvalue weighted by atomic mass is 32.2. The van der Waals surface area contributed by atoms with Gasteiger partial charge in [0.25, 0.3) is 0 Å². The minimum absolute atomic E-state index is 0.239. The van der Waals surface area contributed by atoms with Crippen molar-refractivity contribution in [2.45, 2.75) is 26.2 Å². The van der Waals surface area contributed by atoms with E-state index in [4.69, 9.17) is 4.74 Å². The standard InChI is InChI=1S/C15H21NO3S/c1-15(6-2-8-20(17,18)11-15)10-19-13-4-3-12-5-7-16-14(12)9-13/h3-4,9,16H,2,5-8,10-11H2,1H3. The van der Waals surface area contributed by atoms with Crippen molar-refractivity contribution in [2.75, 3.05) is 30.0 Å². The van der Waals surface area contributed by atoms with Crippen LogP contribution in [0.1, 0.15) is 25.3 Å². The maximum absolute atomic E-state index is 11.8. The van der Waals surface area contributed by atoms with Gasteiger partial charge >= 0.3 is 0 Å². The summed E-state index contributed by atoms with van der Waals surface area (Å²) in [4.78, 5) is 0. The van der Waals surface area contributed by atoms with Crippen LogP contribution in [0.4, 0.5) is 5.69 Å². The van der Waals surface area contributed by atoms with E-state index in [1.807, 2.05) is 19.1 Å². The van der Waals surface area contributed by atoms with Crippen LogP contribution in [0.25, 0.3) is 0 Å². The highest BCUT2D eigenvalue weighted by molar-refractivity contribution is 7.91. The van der Waals surface area contributed by atoms with E-state index in [0.717, 1.165) is 37.2 Å². The van der Waals surface area contributed by atoms with Crippen LogP contribution in [0.2, 0.25) is 0 Å². The predicted molar refractivity (Wildman–Crippen MR) is 80.1 cm³/mol. The quantitative estimate of drug-likeness (QED) is 0.929. The summed E-state index contributed by atoms with van der Waals surface area (Å²) in [6.45, 7) is 3.45. The van der Waals surface area contributed by atoms with E-state index in [-0.39, 0.29) is 11.2 Å². The normalized spacial score (nSPS) is 27.6. The van der Waals surface area contributed by atoms with Gasteiger partial charge < -0.3 is 10.1 Å². The van der Waals surface area contributed by atoms with Gasteiger partial charge in [0.1, 0.15) is 5.75 Å². The molecule has 0 spiro atoms. The van der Waals surface area contributed by atoms with Crippen LogP contribution < -0.4 is 10.1 Å². The zero-order valence-corrected chi connectivity index (χ0v) is 12.6. The van der Waals surface area contributed by atoms with Gasteiger partial charge in [-0.05, 0) is 30.9 Å². The van der Waals surface area contributed by atoms with Crippen molar-refractivity contribution in [2.24, 2.45) is 5.41 Å². The summed E-state index contributed by atoms with van der Waals surface area (Å²) in [7, 11) is -2.90. The highest BCUT2D eigenvalue weighted by Gasteiger charge is 2.35. The summed E-state index contributed by atoms with van der Waals surface area (Å²) >= 11 is 0. The van der Waals surface area contributed by atoms with Crippen molar-refractivity contribution in [1.29, 1.82) is 0 Å². The molecule has 2 heterocycles. The average Bonchev–Trinajstić information content (AvgIpc) is 2.82. The molecule has 2 aliphatic rings. The number of hydrogen-bond acceptors (Lipinski definition) is 4. The molecule has 2 aliphatic heterocycles. The third-order valence-corrected chi connectivity index (χ3v) is 6.23. The van der Waals surface area contributed by atoms with Gasteiger partial charge in [-0.1, -0.05) is 13.0 Å². The number of nitrogens with one attached hydrogen (secondary N) is 1. The smallest absolute Gasteiger partial charge is 0.150 e. The molecule has 1 aromatic rings. The van der Waals surface area contributed by atoms with Gasteiger partial charge in [0.2, 0.25) is 0 Å². The molecule has 1 N–H and O–H groups in total. The summed E-state index contributed by atoms with van der Waals surface area (Å²) in [5.41, 5.74) is 2.21. The summed E-state index contributed by atoms with van der Waals surface area (Å²) in [5, 5.41) is 3.33. The number of benzene rings is 1. The van der Waals surface area contributed by atoms with E-state index in [0.29, 0.717) is 12.4 Å². The lowest BCUT2D eigenvalue weighted by Gasteiger charge is -2.32. The van der Waals surface area contributed by atoms with Gasteiger partial charge in [-0.2, -0.15) is 0 Å². The third kappa shape index (κ3) is 2.92. The van der Waals surface area contributed by atoms with E-state index in [1.165, 1.54) is 5.56 Å². The number of rotatable bonds is 3. The van der Waals surface area contributed by atoms with E-state index >= 15 is 0 Å². The van der Waals surface area contributed by atoms with E-state index in [1.54, 1.807) is 0 Å². The first-order valence-corrected chi connectivity index (χ1v) is 8.98. The lowest BCUT2D eigenvalue weighted by Crippen LogP contribution is -2.38. The van der Waals surface area contributed by atoms with Crippen LogP contribution in [0.15, 0.2) is 18.2 Å². The summed E-state index contributed by atoms with van der Waals surface area (Å²) < 4.78 is 29.4. The summed E-state index contributed by atoms with van der Waals surface area (Å²) in [5.74, 6) is 1.39. The largest absolute Gasteiger partial charge is 0.493 e. The van der Waals surface area contributed by atoms with Crippen LogP contribution in [0, 0.1) is 5.41 Å². The second-order valence-electron chi connectivity index (χ2n) is 6.29. The molecule has 5 heteroatoms. The molecular formula is C15H21NO3S. The van der Waals surface area contributed by atoms with Crippen LogP contribution in [0.3, 0.4) is 0 Å². The number of ether oxygens (including phenoxy) is 1.